The lowest BCUT2D eigenvalue weighted by Gasteiger charge is -2.39. The lowest BCUT2D eigenvalue weighted by molar-refractivity contribution is -0.190. The summed E-state index contributed by atoms with van der Waals surface area (Å²) < 4.78 is 40.1. The van der Waals surface area contributed by atoms with E-state index in [1.165, 1.54) is 19.3 Å². The Kier molecular flexibility index (Phi) is 15.6. The van der Waals surface area contributed by atoms with Crippen molar-refractivity contribution in [3.63, 3.8) is 0 Å². The Balaban J connectivity index is 0.000000602. The average Bonchev–Trinajstić information content (AvgIpc) is 3.34. The minimum absolute atomic E-state index is 0.0790. The van der Waals surface area contributed by atoms with Crippen molar-refractivity contribution in [3.8, 4) is 0 Å². The van der Waals surface area contributed by atoms with Crippen LogP contribution in [0.3, 0.4) is 0 Å². The molecule has 0 radical (unpaired) electrons. The van der Waals surface area contributed by atoms with Crippen LogP contribution in [0.1, 0.15) is 156 Å². The predicted octanol–water partition coefficient (Wildman–Crippen LogP) is 8.92. The van der Waals surface area contributed by atoms with Crippen molar-refractivity contribution in [1.29, 1.82) is 0 Å². The molecule has 276 valence electrons. The normalized spacial score (nSPS) is 19.1. The molecule has 0 aromatic rings. The Morgan fingerprint density at radius 2 is 1.02 bits per heavy atom. The van der Waals surface area contributed by atoms with Crippen LogP contribution in [0.15, 0.2) is 0 Å². The molecule has 1 heterocycles. The third kappa shape index (κ3) is 18.2. The molecule has 2 aliphatic carbocycles. The molecule has 0 spiro atoms. The zero-order valence-electron chi connectivity index (χ0n) is 32.5. The molecule has 0 unspecified atom stereocenters. The van der Waals surface area contributed by atoms with Crippen molar-refractivity contribution in [3.05, 3.63) is 0 Å². The molecule has 10 heteroatoms. The second-order valence-corrected chi connectivity index (χ2v) is 18.5. The van der Waals surface area contributed by atoms with E-state index in [9.17, 15) is 28.0 Å². The lowest BCUT2D eigenvalue weighted by atomic mass is 9.81. The van der Waals surface area contributed by atoms with Crippen molar-refractivity contribution in [2.24, 2.45) is 21.7 Å². The van der Waals surface area contributed by atoms with Gasteiger partial charge in [0, 0.05) is 31.3 Å². The largest absolute Gasteiger partial charge is 0.462 e. The highest BCUT2D eigenvalue weighted by atomic mass is 19.3. The molecule has 0 atom stereocenters. The van der Waals surface area contributed by atoms with E-state index < -0.39 is 28.8 Å². The molecule has 2 saturated carbocycles. The second-order valence-electron chi connectivity index (χ2n) is 18.5. The molecule has 0 aromatic carbocycles. The molecule has 3 fully saturated rings. The van der Waals surface area contributed by atoms with Crippen molar-refractivity contribution in [2.45, 2.75) is 179 Å². The fourth-order valence-corrected chi connectivity index (χ4v) is 4.00. The fourth-order valence-electron chi connectivity index (χ4n) is 4.00. The van der Waals surface area contributed by atoms with E-state index in [0.717, 1.165) is 25.9 Å². The molecule has 1 aliphatic heterocycles. The first-order valence-electron chi connectivity index (χ1n) is 17.0. The van der Waals surface area contributed by atoms with Crippen LogP contribution in [-0.2, 0) is 33.4 Å². The molecular weight excluding hydrogens is 608 g/mol. The Morgan fingerprint density at radius 1 is 0.617 bits per heavy atom. The molecular formula is C37H67F2NO7. The maximum Gasteiger partial charge on any atom is 0.311 e. The molecule has 0 bridgehead atoms. The molecule has 1 amide bonds. The maximum atomic E-state index is 12.3. The molecule has 0 N–H and O–H groups in total. The summed E-state index contributed by atoms with van der Waals surface area (Å²) in [4.78, 5) is 47.5. The summed E-state index contributed by atoms with van der Waals surface area (Å²) in [7, 11) is 0. The van der Waals surface area contributed by atoms with Crippen LogP contribution >= 0.6 is 0 Å². The highest BCUT2D eigenvalue weighted by Crippen LogP contribution is 2.40. The number of amides is 1. The SMILES string of the molecule is CC(C)(C)C(=O)N1CCCC1.CC(C)(C)C(=O)OC1CC(F)(F)C1.CC(C)(C)OC(=O)C(C)(C)C.CC1(OC(=O)C(C)(C)C)CCC1. The van der Waals surface area contributed by atoms with E-state index in [-0.39, 0.29) is 46.8 Å². The van der Waals surface area contributed by atoms with Gasteiger partial charge in [-0.3, -0.25) is 19.2 Å². The quantitative estimate of drug-likeness (QED) is 0.213. The molecule has 8 nitrogen and oxygen atoms in total. The van der Waals surface area contributed by atoms with Gasteiger partial charge in [-0.15, -0.1) is 0 Å². The van der Waals surface area contributed by atoms with Crippen LogP contribution in [0.4, 0.5) is 8.78 Å². The van der Waals surface area contributed by atoms with Crippen LogP contribution < -0.4 is 0 Å². The minimum Gasteiger partial charge on any atom is -0.462 e. The Labute approximate surface area is 284 Å². The van der Waals surface area contributed by atoms with Crippen LogP contribution in [-0.4, -0.2) is 65.0 Å². The lowest BCUT2D eigenvalue weighted by Crippen LogP contribution is -2.44. The van der Waals surface area contributed by atoms with Crippen molar-refractivity contribution >= 4 is 23.8 Å². The van der Waals surface area contributed by atoms with Crippen LogP contribution in [0, 0.1) is 21.7 Å². The van der Waals surface area contributed by atoms with E-state index in [4.69, 9.17) is 14.2 Å². The average molecular weight is 676 g/mol. The molecule has 3 aliphatic rings. The Morgan fingerprint density at radius 3 is 1.28 bits per heavy atom. The van der Waals surface area contributed by atoms with E-state index in [0.29, 0.717) is 5.91 Å². The zero-order valence-corrected chi connectivity index (χ0v) is 32.5. The van der Waals surface area contributed by atoms with E-state index in [1.807, 2.05) is 94.9 Å². The Bertz CT molecular complexity index is 1030. The van der Waals surface area contributed by atoms with Crippen LogP contribution in [0.2, 0.25) is 0 Å². The van der Waals surface area contributed by atoms with Gasteiger partial charge in [-0.05, 0) is 122 Å². The number of esters is 3. The molecule has 3 rings (SSSR count). The third-order valence-corrected chi connectivity index (χ3v) is 7.35. The predicted molar refractivity (Wildman–Crippen MR) is 182 cm³/mol. The van der Waals surface area contributed by atoms with Gasteiger partial charge in [0.1, 0.15) is 17.3 Å². The van der Waals surface area contributed by atoms with Crippen LogP contribution in [0.25, 0.3) is 0 Å². The number of rotatable bonds is 2. The van der Waals surface area contributed by atoms with Crippen molar-refractivity contribution in [2.75, 3.05) is 13.1 Å². The fraction of sp³-hybridized carbons (Fsp3) is 0.892. The summed E-state index contributed by atoms with van der Waals surface area (Å²) in [6.07, 6.45) is 4.37. The van der Waals surface area contributed by atoms with Gasteiger partial charge in [-0.25, -0.2) is 8.78 Å². The molecule has 1 saturated heterocycles. The minimum atomic E-state index is -2.62. The highest BCUT2D eigenvalue weighted by molar-refractivity contribution is 5.81. The summed E-state index contributed by atoms with van der Waals surface area (Å²) in [6.45, 7) is 31.8. The number of likely N-dealkylation sites (tertiary alicyclic amines) is 1. The summed E-state index contributed by atoms with van der Waals surface area (Å²) in [5, 5.41) is 0. The van der Waals surface area contributed by atoms with Crippen molar-refractivity contribution in [1.82, 2.24) is 4.90 Å². The van der Waals surface area contributed by atoms with Gasteiger partial charge in [0.15, 0.2) is 0 Å². The topological polar surface area (TPSA) is 99.2 Å². The van der Waals surface area contributed by atoms with E-state index in [2.05, 4.69) is 0 Å². The molecule has 0 aromatic heterocycles. The van der Waals surface area contributed by atoms with Gasteiger partial charge in [0.05, 0.1) is 16.2 Å². The van der Waals surface area contributed by atoms with E-state index >= 15 is 0 Å². The third-order valence-electron chi connectivity index (χ3n) is 7.35. The van der Waals surface area contributed by atoms with Gasteiger partial charge in [0.2, 0.25) is 5.91 Å². The van der Waals surface area contributed by atoms with Gasteiger partial charge >= 0.3 is 17.9 Å². The number of hydrogen-bond acceptors (Lipinski definition) is 7. The van der Waals surface area contributed by atoms with Gasteiger partial charge in [-0.2, -0.15) is 0 Å². The number of ether oxygens (including phenoxy) is 3. The smallest absolute Gasteiger partial charge is 0.311 e. The summed E-state index contributed by atoms with van der Waals surface area (Å²) in [6, 6.07) is 0. The number of carbonyl (C=O) groups excluding carboxylic acids is 4. The first-order chi connectivity index (χ1) is 20.7. The number of alkyl halides is 2. The van der Waals surface area contributed by atoms with Crippen molar-refractivity contribution < 1.29 is 42.2 Å². The maximum absolute atomic E-state index is 12.3. The monoisotopic (exact) mass is 675 g/mol. The summed E-state index contributed by atoms with van der Waals surface area (Å²) in [5.41, 5.74) is -2.07. The number of nitrogens with zero attached hydrogens (tertiary/aromatic N) is 1. The standard InChI is InChI=1S/C10H18O2.C9H14F2O2.C9H17NO.C9H18O2/c1-9(2,3)8(11)12-10(4)6-5-7-10;1-8(2,3)7(12)13-6-4-9(10,11)5-6;1-9(2,3)8(11)10-6-4-5-7-10;1-8(2,3)7(10)11-9(4,5)6/h5-7H2,1-4H3;6H,4-5H2,1-3H3;4-7H2,1-3H3;1-6H3. The number of hydrogen-bond donors (Lipinski definition) is 0. The summed E-state index contributed by atoms with van der Waals surface area (Å²) >= 11 is 0. The second kappa shape index (κ2) is 16.4. The van der Waals surface area contributed by atoms with Gasteiger partial charge in [-0.1, -0.05) is 20.8 Å². The van der Waals surface area contributed by atoms with E-state index in [1.54, 1.807) is 20.8 Å². The number of halogens is 2. The Hall–Kier alpha value is -2.26. The molecule has 47 heavy (non-hydrogen) atoms. The summed E-state index contributed by atoms with van der Waals surface area (Å²) in [5.74, 6) is -2.96. The van der Waals surface area contributed by atoms with Gasteiger partial charge in [0.25, 0.3) is 5.92 Å². The number of carbonyl (C=O) groups is 4. The highest BCUT2D eigenvalue weighted by Gasteiger charge is 2.48. The first kappa shape index (κ1) is 44.7. The van der Waals surface area contributed by atoms with Gasteiger partial charge < -0.3 is 19.1 Å². The zero-order chi connectivity index (χ0) is 37.4. The first-order valence-corrected chi connectivity index (χ1v) is 17.0. The van der Waals surface area contributed by atoms with Crippen LogP contribution in [0.5, 0.6) is 0 Å².